The molecule has 2 N–H and O–H groups in total. The third-order valence-corrected chi connectivity index (χ3v) is 8.34. The first-order valence-electron chi connectivity index (χ1n) is 12.9. The van der Waals surface area contributed by atoms with Crippen LogP contribution in [0.2, 0.25) is 0 Å². The number of amides is 1. The number of carbonyl (C=O) groups excluding carboxylic acids is 1. The Kier molecular flexibility index (Phi) is 8.79. The molecule has 9 heteroatoms. The number of carbonyl (C=O) groups is 1. The Hall–Kier alpha value is -3.30. The minimum absolute atomic E-state index is 0.0504. The molecule has 0 radical (unpaired) electrons. The van der Waals surface area contributed by atoms with E-state index >= 15 is 0 Å². The molecule has 1 amide bonds. The molecule has 0 saturated carbocycles. The molecule has 202 valence electrons. The van der Waals surface area contributed by atoms with E-state index in [1.54, 1.807) is 24.9 Å². The topological polar surface area (TPSA) is 89.5 Å². The van der Waals surface area contributed by atoms with Crippen LogP contribution in [0.15, 0.2) is 48.3 Å². The van der Waals surface area contributed by atoms with E-state index in [4.69, 9.17) is 10.5 Å². The lowest BCUT2D eigenvalue weighted by Crippen LogP contribution is -2.29. The number of rotatable bonds is 10. The lowest BCUT2D eigenvalue weighted by Gasteiger charge is -2.19. The Morgan fingerprint density at radius 1 is 1.37 bits per heavy atom. The average molecular weight is 535 g/mol. The molecule has 1 aliphatic heterocycles. The van der Waals surface area contributed by atoms with Crippen molar-refractivity contribution in [2.75, 3.05) is 39.5 Å². The zero-order valence-electron chi connectivity index (χ0n) is 23.0. The van der Waals surface area contributed by atoms with Crippen LogP contribution in [-0.2, 0) is 10.5 Å². The van der Waals surface area contributed by atoms with E-state index in [1.807, 2.05) is 30.0 Å². The third kappa shape index (κ3) is 5.89. The van der Waals surface area contributed by atoms with Crippen molar-refractivity contribution in [2.45, 2.75) is 49.9 Å². The smallest absolute Gasteiger partial charge is 0.246 e. The molecule has 3 aromatic rings. The van der Waals surface area contributed by atoms with Crippen LogP contribution in [0.4, 0.5) is 5.82 Å². The molecule has 0 spiro atoms. The summed E-state index contributed by atoms with van der Waals surface area (Å²) >= 11 is 1.68. The van der Waals surface area contributed by atoms with Crippen molar-refractivity contribution >= 4 is 40.6 Å². The first-order chi connectivity index (χ1) is 18.2. The van der Waals surface area contributed by atoms with Gasteiger partial charge in [0.15, 0.2) is 0 Å². The fraction of sp³-hybridized carbons (Fsp3) is 0.414. The standard InChI is InChI=1S/C29H38N6O2S/c1-7-21-13-20(4)14-24(37-6)27(21)38-17-22-15-35(29-26(22)28(30)31-18-32-29)23-10-12-34(16-23)25(36)9-8-11-33(5)19(2)3/h7-9,13-15,18-19,23H,1,10-12,16-17H2,2-6H3,(H2,30,31,32)/b9-8+. The number of nitrogens with two attached hydrogens (primary N) is 1. The number of fused-ring (bicyclic) bond motifs is 1. The Labute approximate surface area is 229 Å². The second-order valence-corrected chi connectivity index (χ2v) is 11.0. The molecule has 2 aromatic heterocycles. The predicted molar refractivity (Wildman–Crippen MR) is 156 cm³/mol. The number of ether oxygens (including phenoxy) is 1. The molecule has 38 heavy (non-hydrogen) atoms. The predicted octanol–water partition coefficient (Wildman–Crippen LogP) is 4.94. The molecule has 4 rings (SSSR count). The molecule has 1 aliphatic rings. The van der Waals surface area contributed by atoms with E-state index in [0.717, 1.165) is 51.3 Å². The fourth-order valence-corrected chi connectivity index (χ4v) is 5.87. The van der Waals surface area contributed by atoms with Gasteiger partial charge in [-0.15, -0.1) is 11.8 Å². The molecule has 1 fully saturated rings. The third-order valence-electron chi connectivity index (χ3n) is 7.16. The lowest BCUT2D eigenvalue weighted by molar-refractivity contribution is -0.125. The molecular formula is C29H38N6O2S. The van der Waals surface area contributed by atoms with Crippen LogP contribution in [0.3, 0.4) is 0 Å². The number of aryl methyl sites for hydroxylation is 1. The number of aromatic nitrogens is 3. The maximum Gasteiger partial charge on any atom is 0.246 e. The summed E-state index contributed by atoms with van der Waals surface area (Å²) in [7, 11) is 3.74. The number of benzene rings is 1. The minimum atomic E-state index is 0.0504. The largest absolute Gasteiger partial charge is 0.496 e. The Balaban J connectivity index is 1.55. The van der Waals surface area contributed by atoms with E-state index in [0.29, 0.717) is 30.7 Å². The van der Waals surface area contributed by atoms with Gasteiger partial charge in [-0.25, -0.2) is 9.97 Å². The zero-order chi connectivity index (χ0) is 27.4. The molecule has 1 aromatic carbocycles. The van der Waals surface area contributed by atoms with E-state index < -0.39 is 0 Å². The number of likely N-dealkylation sites (tertiary alicyclic amines) is 1. The van der Waals surface area contributed by atoms with E-state index in [-0.39, 0.29) is 11.9 Å². The van der Waals surface area contributed by atoms with Crippen LogP contribution in [0.5, 0.6) is 5.75 Å². The van der Waals surface area contributed by atoms with Gasteiger partial charge < -0.3 is 24.8 Å². The Bertz CT molecular complexity index is 1350. The number of hydrogen-bond acceptors (Lipinski definition) is 7. The second-order valence-electron chi connectivity index (χ2n) is 10.1. The number of anilines is 1. The number of likely N-dealkylation sites (N-methyl/N-ethyl adjacent to an activating group) is 1. The van der Waals surface area contributed by atoms with Crippen LogP contribution in [-0.4, -0.2) is 70.1 Å². The monoisotopic (exact) mass is 534 g/mol. The Morgan fingerprint density at radius 3 is 2.87 bits per heavy atom. The van der Waals surface area contributed by atoms with Gasteiger partial charge in [-0.2, -0.15) is 0 Å². The SMILES string of the molecule is C=Cc1cc(C)cc(OC)c1SCc1cn(C2CCN(C(=O)/C=C/CN(C)C(C)C)C2)c2ncnc(N)c12. The van der Waals surface area contributed by atoms with Gasteiger partial charge in [0.2, 0.25) is 5.91 Å². The van der Waals surface area contributed by atoms with E-state index in [2.05, 4.69) is 59.2 Å². The van der Waals surface area contributed by atoms with Gasteiger partial charge in [-0.1, -0.05) is 24.8 Å². The summed E-state index contributed by atoms with van der Waals surface area (Å²) < 4.78 is 7.85. The lowest BCUT2D eigenvalue weighted by atomic mass is 10.1. The molecule has 0 aliphatic carbocycles. The molecule has 1 unspecified atom stereocenters. The van der Waals surface area contributed by atoms with Crippen molar-refractivity contribution in [3.63, 3.8) is 0 Å². The van der Waals surface area contributed by atoms with Gasteiger partial charge >= 0.3 is 0 Å². The summed E-state index contributed by atoms with van der Waals surface area (Å²) in [6.07, 6.45) is 10.00. The van der Waals surface area contributed by atoms with Crippen molar-refractivity contribution in [1.82, 2.24) is 24.3 Å². The summed E-state index contributed by atoms with van der Waals surface area (Å²) in [6.45, 7) is 12.4. The van der Waals surface area contributed by atoms with Crippen LogP contribution in [0.1, 0.15) is 43.0 Å². The number of hydrogen-bond donors (Lipinski definition) is 1. The summed E-state index contributed by atoms with van der Waals surface area (Å²) in [4.78, 5) is 26.9. The molecule has 0 bridgehead atoms. The molecule has 3 heterocycles. The summed E-state index contributed by atoms with van der Waals surface area (Å²) in [6, 6.07) is 4.71. The van der Waals surface area contributed by atoms with Crippen molar-refractivity contribution in [3.05, 3.63) is 60.1 Å². The zero-order valence-corrected chi connectivity index (χ0v) is 23.8. The van der Waals surface area contributed by atoms with Crippen LogP contribution >= 0.6 is 11.8 Å². The number of methoxy groups -OCH3 is 1. The van der Waals surface area contributed by atoms with Crippen molar-refractivity contribution in [3.8, 4) is 5.75 Å². The van der Waals surface area contributed by atoms with Crippen LogP contribution in [0.25, 0.3) is 17.1 Å². The van der Waals surface area contributed by atoms with Gasteiger partial charge in [0, 0.05) is 43.7 Å². The highest BCUT2D eigenvalue weighted by Gasteiger charge is 2.29. The van der Waals surface area contributed by atoms with Crippen LogP contribution < -0.4 is 10.5 Å². The quantitative estimate of drug-likeness (QED) is 0.291. The van der Waals surface area contributed by atoms with Gasteiger partial charge in [-0.05, 0) is 57.0 Å². The molecule has 1 atom stereocenters. The highest BCUT2D eigenvalue weighted by molar-refractivity contribution is 7.98. The Morgan fingerprint density at radius 2 is 2.16 bits per heavy atom. The minimum Gasteiger partial charge on any atom is -0.496 e. The maximum absolute atomic E-state index is 12.8. The van der Waals surface area contributed by atoms with E-state index in [1.165, 1.54) is 6.33 Å². The first kappa shape index (κ1) is 27.7. The van der Waals surface area contributed by atoms with Gasteiger partial charge in [0.1, 0.15) is 23.5 Å². The number of nitrogens with zero attached hydrogens (tertiary/aromatic N) is 5. The van der Waals surface area contributed by atoms with Gasteiger partial charge in [-0.3, -0.25) is 4.79 Å². The van der Waals surface area contributed by atoms with Crippen molar-refractivity contribution < 1.29 is 9.53 Å². The van der Waals surface area contributed by atoms with Crippen molar-refractivity contribution in [2.24, 2.45) is 0 Å². The first-order valence-corrected chi connectivity index (χ1v) is 13.9. The second kappa shape index (κ2) is 12.0. The molecule has 1 saturated heterocycles. The summed E-state index contributed by atoms with van der Waals surface area (Å²) in [5, 5.41) is 0.868. The van der Waals surface area contributed by atoms with Crippen molar-refractivity contribution in [1.29, 1.82) is 0 Å². The van der Waals surface area contributed by atoms with Gasteiger partial charge in [0.05, 0.1) is 23.4 Å². The average Bonchev–Trinajstić information content (AvgIpc) is 3.53. The molecular weight excluding hydrogens is 496 g/mol. The normalized spacial score (nSPS) is 15.9. The summed E-state index contributed by atoms with van der Waals surface area (Å²) in [5.74, 6) is 2.01. The van der Waals surface area contributed by atoms with Crippen LogP contribution in [0, 0.1) is 6.92 Å². The van der Waals surface area contributed by atoms with E-state index in [9.17, 15) is 4.79 Å². The summed E-state index contributed by atoms with van der Waals surface area (Å²) in [5.41, 5.74) is 10.4. The van der Waals surface area contributed by atoms with Gasteiger partial charge in [0.25, 0.3) is 0 Å². The highest BCUT2D eigenvalue weighted by Crippen LogP contribution is 2.39. The number of nitrogen functional groups attached to an aromatic ring is 1. The molecule has 8 nitrogen and oxygen atoms in total. The number of thioether (sulfide) groups is 1. The highest BCUT2D eigenvalue weighted by atomic mass is 32.2. The fourth-order valence-electron chi connectivity index (χ4n) is 4.75. The maximum atomic E-state index is 12.8.